The molecule has 1 spiro atoms. The van der Waals surface area contributed by atoms with Crippen molar-refractivity contribution in [1.29, 1.82) is 0 Å². The van der Waals surface area contributed by atoms with E-state index in [1.54, 1.807) is 44.4 Å². The molecule has 5 rings (SSSR count). The molecular weight excluding hydrogens is 474 g/mol. The Kier molecular flexibility index (Phi) is 5.74. The molecule has 3 heterocycles. The summed E-state index contributed by atoms with van der Waals surface area (Å²) in [5.74, 6) is -2.04. The highest BCUT2D eigenvalue weighted by atomic mass is 35.5. The van der Waals surface area contributed by atoms with Gasteiger partial charge in [0.2, 0.25) is 17.7 Å². The smallest absolute Gasteiger partial charge is 0.250 e. The summed E-state index contributed by atoms with van der Waals surface area (Å²) in [6.45, 7) is 1.68. The number of fused-ring (bicyclic) bond motifs is 4. The number of nitrogens with one attached hydrogen (secondary N) is 2. The van der Waals surface area contributed by atoms with Gasteiger partial charge in [0.15, 0.2) is 11.5 Å². The Morgan fingerprint density at radius 3 is 2.51 bits per heavy atom. The number of rotatable bonds is 6. The van der Waals surface area contributed by atoms with E-state index in [0.29, 0.717) is 34.2 Å². The molecule has 2 aromatic carbocycles. The Morgan fingerprint density at radius 1 is 1.09 bits per heavy atom. The molecule has 0 aliphatic carbocycles. The molecule has 3 aliphatic heterocycles. The van der Waals surface area contributed by atoms with E-state index in [0.717, 1.165) is 5.56 Å². The second kappa shape index (κ2) is 8.51. The lowest BCUT2D eigenvalue weighted by atomic mass is 9.76. The summed E-state index contributed by atoms with van der Waals surface area (Å²) >= 11 is 6.23. The molecule has 3 amide bonds. The number of nitrogens with zero attached hydrogens (tertiary/aromatic N) is 1. The molecule has 5 atom stereocenters. The minimum Gasteiger partial charge on any atom is -0.493 e. The van der Waals surface area contributed by atoms with Crippen molar-refractivity contribution >= 4 is 35.0 Å². The molecule has 3 N–H and O–H groups in total. The Bertz CT molecular complexity index is 1230. The number of hydrogen-bond donors (Lipinski definition) is 3. The molecule has 2 saturated heterocycles. The molecular formula is C25H26ClN3O6. The van der Waals surface area contributed by atoms with Crippen molar-refractivity contribution in [3.8, 4) is 11.5 Å². The third-order valence-corrected chi connectivity index (χ3v) is 7.53. The minimum atomic E-state index is -1.49. The first-order chi connectivity index (χ1) is 16.7. The highest BCUT2D eigenvalue weighted by Gasteiger charge is 2.71. The van der Waals surface area contributed by atoms with Gasteiger partial charge in [-0.1, -0.05) is 17.7 Å². The van der Waals surface area contributed by atoms with Crippen LogP contribution in [0.1, 0.15) is 18.1 Å². The van der Waals surface area contributed by atoms with E-state index in [1.807, 2.05) is 6.07 Å². The lowest BCUT2D eigenvalue weighted by molar-refractivity contribution is -0.143. The number of methoxy groups -OCH3 is 2. The van der Waals surface area contributed by atoms with E-state index < -0.39 is 47.2 Å². The number of hydrogen-bond acceptors (Lipinski definition) is 7. The van der Waals surface area contributed by atoms with Gasteiger partial charge in [-0.05, 0) is 49.2 Å². The zero-order valence-corrected chi connectivity index (χ0v) is 20.3. The second-order valence-corrected chi connectivity index (χ2v) is 9.57. The number of aliphatic hydroxyl groups excluding tert-OH is 1. The number of halogens is 1. The molecule has 3 aliphatic rings. The normalized spacial score (nSPS) is 27.7. The van der Waals surface area contributed by atoms with Gasteiger partial charge < -0.3 is 19.9 Å². The average molecular weight is 500 g/mol. The van der Waals surface area contributed by atoms with E-state index in [2.05, 4.69) is 10.6 Å². The van der Waals surface area contributed by atoms with Crippen LogP contribution >= 0.6 is 11.6 Å². The second-order valence-electron chi connectivity index (χ2n) is 9.13. The largest absolute Gasteiger partial charge is 0.493 e. The number of aliphatic hydroxyl groups is 1. The summed E-state index contributed by atoms with van der Waals surface area (Å²) in [7, 11) is 3.08. The Balaban J connectivity index is 1.49. The van der Waals surface area contributed by atoms with Crippen LogP contribution in [0.15, 0.2) is 36.4 Å². The molecule has 0 radical (unpaired) electrons. The number of anilines is 1. The third-order valence-electron chi connectivity index (χ3n) is 7.29. The molecule has 35 heavy (non-hydrogen) atoms. The monoisotopic (exact) mass is 499 g/mol. The fourth-order valence-corrected chi connectivity index (χ4v) is 5.85. The molecule has 2 fully saturated rings. The number of likely N-dealkylation sites (tertiary alicyclic amines) is 1. The Hall–Kier alpha value is -3.14. The molecule has 184 valence electrons. The number of ether oxygens (including phenoxy) is 2. The quantitative estimate of drug-likeness (QED) is 0.518. The summed E-state index contributed by atoms with van der Waals surface area (Å²) < 4.78 is 10.6. The molecule has 0 unspecified atom stereocenters. The standard InChI is InChI=1S/C25H26ClN3O6/c1-12(30)21-19-20(25(28-21)15-11-14(26)5-6-16(15)27-24(25)33)23(32)29(22(19)31)9-8-13-4-7-17(34-2)18(10-13)35-3/h4-7,10-12,19-21,28,30H,8-9H2,1-3H3,(H,27,33)/t12-,19+,20+,21+,25+/m1/s1. The molecule has 2 aromatic rings. The van der Waals surface area contributed by atoms with Crippen molar-refractivity contribution in [3.05, 3.63) is 52.5 Å². The number of benzene rings is 2. The maximum Gasteiger partial charge on any atom is 0.250 e. The van der Waals surface area contributed by atoms with Crippen molar-refractivity contribution < 1.29 is 29.0 Å². The van der Waals surface area contributed by atoms with E-state index in [-0.39, 0.29) is 6.54 Å². The highest BCUT2D eigenvalue weighted by molar-refractivity contribution is 6.31. The van der Waals surface area contributed by atoms with Crippen LogP contribution in [-0.2, 0) is 26.3 Å². The van der Waals surface area contributed by atoms with Gasteiger partial charge in [-0.15, -0.1) is 0 Å². The van der Waals surface area contributed by atoms with E-state index >= 15 is 0 Å². The number of imide groups is 1. The van der Waals surface area contributed by atoms with Gasteiger partial charge in [0.25, 0.3) is 0 Å². The van der Waals surface area contributed by atoms with Gasteiger partial charge in [0.05, 0.1) is 32.2 Å². The van der Waals surface area contributed by atoms with Crippen LogP contribution in [0.3, 0.4) is 0 Å². The fraction of sp³-hybridized carbons (Fsp3) is 0.400. The van der Waals surface area contributed by atoms with E-state index in [9.17, 15) is 19.5 Å². The minimum absolute atomic E-state index is 0.132. The number of carbonyl (C=O) groups is 3. The predicted octanol–water partition coefficient (Wildman–Crippen LogP) is 1.70. The summed E-state index contributed by atoms with van der Waals surface area (Å²) in [5, 5.41) is 16.9. The first kappa shape index (κ1) is 23.6. The topological polar surface area (TPSA) is 117 Å². The van der Waals surface area contributed by atoms with Gasteiger partial charge in [-0.3, -0.25) is 24.6 Å². The van der Waals surface area contributed by atoms with Crippen LogP contribution < -0.4 is 20.1 Å². The zero-order valence-electron chi connectivity index (χ0n) is 19.5. The Morgan fingerprint density at radius 2 is 1.83 bits per heavy atom. The fourth-order valence-electron chi connectivity index (χ4n) is 5.68. The van der Waals surface area contributed by atoms with Crippen LogP contribution in [0.5, 0.6) is 11.5 Å². The SMILES string of the molecule is COc1ccc(CCN2C(=O)[C@@H]3[C@H]([C@@H](C)O)N[C@]4(C(=O)Nc5ccc(Cl)cc54)[C@@H]3C2=O)cc1OC. The van der Waals surface area contributed by atoms with Crippen molar-refractivity contribution in [2.24, 2.45) is 11.8 Å². The summed E-state index contributed by atoms with van der Waals surface area (Å²) in [6, 6.07) is 9.59. The number of carbonyl (C=O) groups excluding carboxylic acids is 3. The average Bonchev–Trinajstić information content (AvgIpc) is 3.43. The summed E-state index contributed by atoms with van der Waals surface area (Å²) in [6.07, 6.45) is -0.577. The summed E-state index contributed by atoms with van der Waals surface area (Å²) in [5.41, 5.74) is 0.408. The first-order valence-electron chi connectivity index (χ1n) is 11.4. The molecule has 10 heteroatoms. The number of amides is 3. The highest BCUT2D eigenvalue weighted by Crippen LogP contribution is 2.53. The van der Waals surface area contributed by atoms with E-state index in [1.165, 1.54) is 12.0 Å². The van der Waals surface area contributed by atoms with Crippen molar-refractivity contribution in [3.63, 3.8) is 0 Å². The molecule has 0 saturated carbocycles. The maximum atomic E-state index is 13.7. The zero-order chi connectivity index (χ0) is 25.1. The van der Waals surface area contributed by atoms with Crippen LogP contribution in [0.4, 0.5) is 5.69 Å². The van der Waals surface area contributed by atoms with Crippen molar-refractivity contribution in [2.75, 3.05) is 26.1 Å². The Labute approximate surface area is 207 Å². The van der Waals surface area contributed by atoms with Gasteiger partial charge in [-0.2, -0.15) is 0 Å². The van der Waals surface area contributed by atoms with Crippen LogP contribution in [0.25, 0.3) is 0 Å². The first-order valence-corrected chi connectivity index (χ1v) is 11.7. The van der Waals surface area contributed by atoms with E-state index in [4.69, 9.17) is 21.1 Å². The van der Waals surface area contributed by atoms with Gasteiger partial charge in [0.1, 0.15) is 5.54 Å². The van der Waals surface area contributed by atoms with Gasteiger partial charge in [0, 0.05) is 28.9 Å². The predicted molar refractivity (Wildman–Crippen MR) is 127 cm³/mol. The van der Waals surface area contributed by atoms with Crippen LogP contribution in [-0.4, -0.2) is 60.6 Å². The molecule has 0 aromatic heterocycles. The lowest BCUT2D eigenvalue weighted by Gasteiger charge is -2.30. The third kappa shape index (κ3) is 3.41. The molecule has 9 nitrogen and oxygen atoms in total. The van der Waals surface area contributed by atoms with Gasteiger partial charge in [-0.25, -0.2) is 0 Å². The molecule has 0 bridgehead atoms. The van der Waals surface area contributed by atoms with Crippen LogP contribution in [0.2, 0.25) is 5.02 Å². The maximum absolute atomic E-state index is 13.7. The van der Waals surface area contributed by atoms with Crippen molar-refractivity contribution in [1.82, 2.24) is 10.2 Å². The van der Waals surface area contributed by atoms with Gasteiger partial charge >= 0.3 is 0 Å². The van der Waals surface area contributed by atoms with Crippen molar-refractivity contribution in [2.45, 2.75) is 31.0 Å². The van der Waals surface area contributed by atoms with Crippen LogP contribution in [0, 0.1) is 11.8 Å². The lowest BCUT2D eigenvalue weighted by Crippen LogP contribution is -2.55. The summed E-state index contributed by atoms with van der Waals surface area (Å²) in [4.78, 5) is 41.8.